The normalized spacial score (nSPS) is 31.8. The van der Waals surface area contributed by atoms with E-state index in [1.54, 1.807) is 16.4 Å². The Morgan fingerprint density at radius 3 is 2.47 bits per heavy atom. The Hall–Kier alpha value is -0.470. The summed E-state index contributed by atoms with van der Waals surface area (Å²) in [6, 6.07) is 3.34. The number of hydrogen-bond acceptors (Lipinski definition) is 5. The van der Waals surface area contributed by atoms with E-state index in [0.717, 1.165) is 17.7 Å². The first kappa shape index (κ1) is 13.5. The standard InChI is InChI=1S/C12H18N2O3S2/c13-7-11-3-4-12(18-11)19(16,17)14-8-1-2-9(14)6-10(15)5-8/h3-4,8-10,15H,1-2,5-7,13H2. The molecule has 7 heteroatoms. The molecule has 0 aliphatic carbocycles. The van der Waals surface area contributed by atoms with Crippen LogP contribution >= 0.6 is 11.3 Å². The average molecular weight is 302 g/mol. The SMILES string of the molecule is NCc1ccc(S(=O)(=O)N2C3CCC2CC(O)C3)s1. The van der Waals surface area contributed by atoms with Crippen LogP contribution in [0, 0.1) is 0 Å². The summed E-state index contributed by atoms with van der Waals surface area (Å²) in [5.74, 6) is 0. The first-order valence-electron chi connectivity index (χ1n) is 6.52. The van der Waals surface area contributed by atoms with Crippen molar-refractivity contribution in [3.8, 4) is 0 Å². The molecule has 1 aromatic heterocycles. The van der Waals surface area contributed by atoms with Crippen molar-refractivity contribution in [1.29, 1.82) is 0 Å². The molecule has 2 unspecified atom stereocenters. The van der Waals surface area contributed by atoms with Crippen LogP contribution in [0.25, 0.3) is 0 Å². The molecule has 1 aromatic rings. The molecule has 19 heavy (non-hydrogen) atoms. The molecule has 2 aliphatic rings. The first-order chi connectivity index (χ1) is 9.02. The zero-order chi connectivity index (χ0) is 13.6. The molecule has 106 valence electrons. The van der Waals surface area contributed by atoms with Gasteiger partial charge in [-0.25, -0.2) is 8.42 Å². The van der Waals surface area contributed by atoms with E-state index in [-0.39, 0.29) is 18.2 Å². The summed E-state index contributed by atoms with van der Waals surface area (Å²) in [5.41, 5.74) is 5.54. The predicted molar refractivity (Wildman–Crippen MR) is 73.3 cm³/mol. The van der Waals surface area contributed by atoms with E-state index in [9.17, 15) is 13.5 Å². The van der Waals surface area contributed by atoms with Crippen LogP contribution in [0.2, 0.25) is 0 Å². The molecule has 3 rings (SSSR count). The lowest BCUT2D eigenvalue weighted by Gasteiger charge is -2.35. The van der Waals surface area contributed by atoms with Gasteiger partial charge in [0.1, 0.15) is 4.21 Å². The number of hydrogen-bond donors (Lipinski definition) is 2. The number of rotatable bonds is 3. The Morgan fingerprint density at radius 1 is 1.32 bits per heavy atom. The van der Waals surface area contributed by atoms with Gasteiger partial charge in [-0.3, -0.25) is 0 Å². The van der Waals surface area contributed by atoms with Crippen molar-refractivity contribution in [2.45, 2.75) is 54.6 Å². The molecule has 2 saturated heterocycles. The summed E-state index contributed by atoms with van der Waals surface area (Å²) in [6.45, 7) is 0.367. The summed E-state index contributed by atoms with van der Waals surface area (Å²) in [4.78, 5) is 0.878. The molecule has 0 amide bonds. The Balaban J connectivity index is 1.93. The Kier molecular flexibility index (Phi) is 3.43. The van der Waals surface area contributed by atoms with Crippen LogP contribution in [0.5, 0.6) is 0 Å². The fraction of sp³-hybridized carbons (Fsp3) is 0.667. The van der Waals surface area contributed by atoms with Gasteiger partial charge in [0, 0.05) is 23.5 Å². The van der Waals surface area contributed by atoms with Gasteiger partial charge in [0.2, 0.25) is 0 Å². The van der Waals surface area contributed by atoms with Crippen molar-refractivity contribution in [1.82, 2.24) is 4.31 Å². The van der Waals surface area contributed by atoms with Crippen molar-refractivity contribution in [3.05, 3.63) is 17.0 Å². The summed E-state index contributed by atoms with van der Waals surface area (Å²) in [6.07, 6.45) is 2.48. The van der Waals surface area contributed by atoms with E-state index >= 15 is 0 Å². The summed E-state index contributed by atoms with van der Waals surface area (Å²) in [7, 11) is -3.43. The number of fused-ring (bicyclic) bond motifs is 2. The van der Waals surface area contributed by atoms with Crippen molar-refractivity contribution >= 4 is 21.4 Å². The van der Waals surface area contributed by atoms with Crippen LogP contribution in [0.4, 0.5) is 0 Å². The summed E-state index contributed by atoms with van der Waals surface area (Å²) >= 11 is 1.25. The highest BCUT2D eigenvalue weighted by molar-refractivity contribution is 7.91. The number of nitrogens with zero attached hydrogens (tertiary/aromatic N) is 1. The van der Waals surface area contributed by atoms with Crippen LogP contribution in [0.3, 0.4) is 0 Å². The van der Waals surface area contributed by atoms with Crippen LogP contribution < -0.4 is 5.73 Å². The maximum Gasteiger partial charge on any atom is 0.253 e. The Morgan fingerprint density at radius 2 is 1.95 bits per heavy atom. The Labute approximate surface area is 117 Å². The van der Waals surface area contributed by atoms with Gasteiger partial charge in [0.15, 0.2) is 0 Å². The third kappa shape index (κ3) is 2.23. The monoisotopic (exact) mass is 302 g/mol. The quantitative estimate of drug-likeness (QED) is 0.868. The highest BCUT2D eigenvalue weighted by atomic mass is 32.2. The molecular weight excluding hydrogens is 284 g/mol. The molecule has 3 heterocycles. The lowest BCUT2D eigenvalue weighted by atomic mass is 10.0. The smallest absolute Gasteiger partial charge is 0.253 e. The minimum atomic E-state index is -3.43. The van der Waals surface area contributed by atoms with Crippen LogP contribution in [0.1, 0.15) is 30.6 Å². The molecule has 0 spiro atoms. The molecular formula is C12H18N2O3S2. The largest absolute Gasteiger partial charge is 0.393 e. The molecule has 3 N–H and O–H groups in total. The van der Waals surface area contributed by atoms with E-state index in [4.69, 9.17) is 5.73 Å². The number of thiophene rings is 1. The van der Waals surface area contributed by atoms with Crippen molar-refractivity contribution in [2.75, 3.05) is 0 Å². The summed E-state index contributed by atoms with van der Waals surface area (Å²) in [5, 5.41) is 9.75. The fourth-order valence-electron chi connectivity index (χ4n) is 3.21. The predicted octanol–water partition coefficient (Wildman–Crippen LogP) is 0.883. The van der Waals surface area contributed by atoms with Crippen molar-refractivity contribution in [2.24, 2.45) is 5.73 Å². The fourth-order valence-corrected chi connectivity index (χ4v) is 6.44. The molecule has 0 saturated carbocycles. The zero-order valence-corrected chi connectivity index (χ0v) is 12.2. The topological polar surface area (TPSA) is 83.6 Å². The van der Waals surface area contributed by atoms with Gasteiger partial charge in [0.05, 0.1) is 6.10 Å². The molecule has 0 radical (unpaired) electrons. The molecule has 2 aliphatic heterocycles. The van der Waals surface area contributed by atoms with E-state index in [0.29, 0.717) is 23.6 Å². The number of aliphatic hydroxyl groups is 1. The van der Waals surface area contributed by atoms with Gasteiger partial charge in [-0.2, -0.15) is 4.31 Å². The lowest BCUT2D eigenvalue weighted by Crippen LogP contribution is -2.47. The minimum absolute atomic E-state index is 0.0397. The van der Waals surface area contributed by atoms with Crippen LogP contribution in [-0.2, 0) is 16.6 Å². The first-order valence-corrected chi connectivity index (χ1v) is 8.78. The molecule has 2 fully saturated rings. The van der Waals surface area contributed by atoms with Gasteiger partial charge in [-0.05, 0) is 37.8 Å². The number of piperidine rings is 1. The average Bonchev–Trinajstić information content (AvgIpc) is 2.93. The van der Waals surface area contributed by atoms with Gasteiger partial charge in [0.25, 0.3) is 10.0 Å². The van der Waals surface area contributed by atoms with E-state index in [1.165, 1.54) is 11.3 Å². The second-order valence-corrected chi connectivity index (χ2v) is 8.51. The van der Waals surface area contributed by atoms with Gasteiger partial charge in [-0.15, -0.1) is 11.3 Å². The molecule has 2 atom stereocenters. The van der Waals surface area contributed by atoms with Crippen molar-refractivity contribution in [3.63, 3.8) is 0 Å². The van der Waals surface area contributed by atoms with Crippen LogP contribution in [0.15, 0.2) is 16.3 Å². The maximum absolute atomic E-state index is 12.7. The molecule has 5 nitrogen and oxygen atoms in total. The van der Waals surface area contributed by atoms with E-state index in [2.05, 4.69) is 0 Å². The van der Waals surface area contributed by atoms with E-state index in [1.807, 2.05) is 0 Å². The third-order valence-electron chi connectivity index (χ3n) is 4.01. The lowest BCUT2D eigenvalue weighted by molar-refractivity contribution is 0.0769. The highest BCUT2D eigenvalue weighted by Gasteiger charge is 2.47. The second-order valence-electron chi connectivity index (χ2n) is 5.27. The van der Waals surface area contributed by atoms with Gasteiger partial charge in [-0.1, -0.05) is 0 Å². The third-order valence-corrected chi connectivity index (χ3v) is 7.59. The van der Waals surface area contributed by atoms with Crippen molar-refractivity contribution < 1.29 is 13.5 Å². The zero-order valence-electron chi connectivity index (χ0n) is 10.5. The Bertz CT molecular complexity index is 555. The maximum atomic E-state index is 12.7. The molecule has 0 aromatic carbocycles. The van der Waals surface area contributed by atoms with Gasteiger partial charge < -0.3 is 10.8 Å². The van der Waals surface area contributed by atoms with Crippen LogP contribution in [-0.4, -0.2) is 36.0 Å². The summed E-state index contributed by atoms with van der Waals surface area (Å²) < 4.78 is 27.4. The number of sulfonamides is 1. The minimum Gasteiger partial charge on any atom is -0.393 e. The number of nitrogens with two attached hydrogens (primary N) is 1. The molecule has 2 bridgehead atoms. The number of aliphatic hydroxyl groups excluding tert-OH is 1. The highest BCUT2D eigenvalue weighted by Crippen LogP contribution is 2.40. The van der Waals surface area contributed by atoms with Gasteiger partial charge >= 0.3 is 0 Å². The second kappa shape index (κ2) is 4.82. The van der Waals surface area contributed by atoms with E-state index < -0.39 is 10.0 Å².